The largest absolute Gasteiger partial charge is 0.493 e. The molecule has 0 bridgehead atoms. The summed E-state index contributed by atoms with van der Waals surface area (Å²) in [6, 6.07) is 4.57. The van der Waals surface area contributed by atoms with Crippen molar-refractivity contribution in [3.8, 4) is 11.5 Å². The van der Waals surface area contributed by atoms with Gasteiger partial charge in [0.05, 0.1) is 14.2 Å². The second-order valence-electron chi connectivity index (χ2n) is 3.80. The van der Waals surface area contributed by atoms with Crippen molar-refractivity contribution < 1.29 is 34.4 Å². The zero-order chi connectivity index (χ0) is 14.6. The van der Waals surface area contributed by atoms with E-state index in [0.29, 0.717) is 5.75 Å². The Morgan fingerprint density at radius 3 is 2.16 bits per heavy atom. The van der Waals surface area contributed by atoms with E-state index in [4.69, 9.17) is 19.7 Å². The van der Waals surface area contributed by atoms with Gasteiger partial charge in [-0.3, -0.25) is 0 Å². The number of benzene rings is 1. The van der Waals surface area contributed by atoms with Crippen LogP contribution in [0.25, 0.3) is 0 Å². The van der Waals surface area contributed by atoms with Crippen LogP contribution in [0.15, 0.2) is 18.2 Å². The van der Waals surface area contributed by atoms with Crippen LogP contribution in [0.2, 0.25) is 0 Å². The van der Waals surface area contributed by atoms with Crippen LogP contribution in [0.4, 0.5) is 0 Å². The number of para-hydroxylation sites is 1. The molecule has 0 spiro atoms. The van der Waals surface area contributed by atoms with Crippen molar-refractivity contribution in [3.63, 3.8) is 0 Å². The number of rotatable bonds is 6. The second kappa shape index (κ2) is 5.57. The summed E-state index contributed by atoms with van der Waals surface area (Å²) >= 11 is 0. The Labute approximate surface area is 109 Å². The molecule has 0 heterocycles. The molecule has 0 aliphatic heterocycles. The summed E-state index contributed by atoms with van der Waals surface area (Å²) in [5, 5.41) is 27.4. The van der Waals surface area contributed by atoms with Gasteiger partial charge in [-0.05, 0) is 6.07 Å². The van der Waals surface area contributed by atoms with Crippen LogP contribution >= 0.6 is 0 Å². The van der Waals surface area contributed by atoms with Crippen molar-refractivity contribution in [3.05, 3.63) is 23.8 Å². The molecule has 19 heavy (non-hydrogen) atoms. The van der Waals surface area contributed by atoms with Crippen LogP contribution in [0.3, 0.4) is 0 Å². The van der Waals surface area contributed by atoms with Gasteiger partial charge < -0.3 is 24.8 Å². The molecule has 0 unspecified atom stereocenters. The first-order valence-electron chi connectivity index (χ1n) is 5.25. The molecule has 0 saturated carbocycles. The summed E-state index contributed by atoms with van der Waals surface area (Å²) in [6.07, 6.45) is -0.641. The van der Waals surface area contributed by atoms with Crippen LogP contribution in [-0.2, 0) is 16.0 Å². The highest BCUT2D eigenvalue weighted by atomic mass is 16.5. The van der Waals surface area contributed by atoms with Gasteiger partial charge in [0, 0.05) is 12.0 Å². The zero-order valence-corrected chi connectivity index (χ0v) is 10.4. The number of methoxy groups -OCH3 is 2. The lowest BCUT2D eigenvalue weighted by Gasteiger charge is -2.20. The predicted octanol–water partition coefficient (Wildman–Crippen LogP) is 0.147. The van der Waals surface area contributed by atoms with Gasteiger partial charge in [-0.25, -0.2) is 9.59 Å². The number of carbonyl (C=O) groups is 2. The van der Waals surface area contributed by atoms with Crippen molar-refractivity contribution in [1.29, 1.82) is 0 Å². The summed E-state index contributed by atoms with van der Waals surface area (Å²) in [7, 11) is 2.73. The first-order valence-corrected chi connectivity index (χ1v) is 5.25. The Morgan fingerprint density at radius 1 is 1.16 bits per heavy atom. The molecule has 0 amide bonds. The van der Waals surface area contributed by atoms with Crippen LogP contribution < -0.4 is 9.47 Å². The lowest BCUT2D eigenvalue weighted by atomic mass is 9.94. The van der Waals surface area contributed by atoms with Gasteiger partial charge in [-0.15, -0.1) is 0 Å². The van der Waals surface area contributed by atoms with Gasteiger partial charge in [0.2, 0.25) is 0 Å². The van der Waals surface area contributed by atoms with E-state index in [-0.39, 0.29) is 11.3 Å². The summed E-state index contributed by atoms with van der Waals surface area (Å²) in [4.78, 5) is 21.8. The van der Waals surface area contributed by atoms with Crippen molar-refractivity contribution in [1.82, 2.24) is 0 Å². The molecule has 1 rings (SSSR count). The molecule has 104 valence electrons. The molecule has 0 radical (unpaired) electrons. The minimum Gasteiger partial charge on any atom is -0.493 e. The first-order chi connectivity index (χ1) is 8.86. The van der Waals surface area contributed by atoms with Crippen LogP contribution in [0.5, 0.6) is 11.5 Å². The third kappa shape index (κ3) is 2.76. The monoisotopic (exact) mass is 270 g/mol. The van der Waals surface area contributed by atoms with Crippen LogP contribution in [0.1, 0.15) is 5.56 Å². The minimum absolute atomic E-state index is 0.186. The maximum atomic E-state index is 10.9. The Kier molecular flexibility index (Phi) is 4.34. The number of hydrogen-bond donors (Lipinski definition) is 3. The van der Waals surface area contributed by atoms with Gasteiger partial charge in [0.15, 0.2) is 11.5 Å². The van der Waals surface area contributed by atoms with E-state index in [1.54, 1.807) is 12.1 Å². The molecule has 0 aliphatic carbocycles. The highest BCUT2D eigenvalue weighted by Crippen LogP contribution is 2.33. The van der Waals surface area contributed by atoms with Crippen LogP contribution in [-0.4, -0.2) is 47.1 Å². The maximum Gasteiger partial charge on any atom is 0.347 e. The maximum absolute atomic E-state index is 10.9. The normalized spacial score (nSPS) is 10.9. The average molecular weight is 270 g/mol. The predicted molar refractivity (Wildman–Crippen MR) is 63.5 cm³/mol. The zero-order valence-electron chi connectivity index (χ0n) is 10.4. The van der Waals surface area contributed by atoms with E-state index >= 15 is 0 Å². The highest BCUT2D eigenvalue weighted by Gasteiger charge is 2.45. The van der Waals surface area contributed by atoms with Gasteiger partial charge in [-0.2, -0.15) is 0 Å². The van der Waals surface area contributed by atoms with E-state index < -0.39 is 24.0 Å². The molecule has 0 atom stereocenters. The fourth-order valence-corrected chi connectivity index (χ4v) is 1.61. The molecule has 0 aliphatic rings. The van der Waals surface area contributed by atoms with Crippen molar-refractivity contribution in [2.45, 2.75) is 12.0 Å². The SMILES string of the molecule is COc1cccc(CC(O)(C(=O)O)C(=O)O)c1OC. The summed E-state index contributed by atoms with van der Waals surface area (Å²) in [5.74, 6) is -3.18. The van der Waals surface area contributed by atoms with Crippen molar-refractivity contribution in [2.24, 2.45) is 0 Å². The molecular formula is C12H14O7. The number of aliphatic hydroxyl groups is 1. The quantitative estimate of drug-likeness (QED) is 0.630. The van der Waals surface area contributed by atoms with Crippen molar-refractivity contribution >= 4 is 11.9 Å². The van der Waals surface area contributed by atoms with Gasteiger partial charge >= 0.3 is 11.9 Å². The van der Waals surface area contributed by atoms with Gasteiger partial charge in [-0.1, -0.05) is 12.1 Å². The molecule has 0 saturated heterocycles. The topological polar surface area (TPSA) is 113 Å². The smallest absolute Gasteiger partial charge is 0.347 e. The van der Waals surface area contributed by atoms with Gasteiger partial charge in [0.1, 0.15) is 0 Å². The summed E-state index contributed by atoms with van der Waals surface area (Å²) in [6.45, 7) is 0. The Morgan fingerprint density at radius 2 is 1.74 bits per heavy atom. The Bertz CT molecular complexity index is 481. The lowest BCUT2D eigenvalue weighted by Crippen LogP contribution is -2.48. The van der Waals surface area contributed by atoms with E-state index in [1.807, 2.05) is 0 Å². The lowest BCUT2D eigenvalue weighted by molar-refractivity contribution is -0.175. The molecule has 7 nitrogen and oxygen atoms in total. The molecular weight excluding hydrogens is 256 g/mol. The third-order valence-corrected chi connectivity index (χ3v) is 2.64. The minimum atomic E-state index is -2.92. The number of hydrogen-bond acceptors (Lipinski definition) is 5. The number of ether oxygens (including phenoxy) is 2. The first kappa shape index (κ1) is 14.8. The number of carboxylic acid groups (broad SMARTS) is 2. The average Bonchev–Trinajstić information content (AvgIpc) is 2.37. The Hall–Kier alpha value is -2.28. The molecule has 0 fully saturated rings. The van der Waals surface area contributed by atoms with E-state index in [2.05, 4.69) is 0 Å². The highest BCUT2D eigenvalue weighted by molar-refractivity contribution is 6.01. The molecule has 0 aromatic heterocycles. The second-order valence-corrected chi connectivity index (χ2v) is 3.80. The molecule has 1 aromatic carbocycles. The standard InChI is InChI=1S/C12H14O7/c1-18-8-5-3-4-7(9(8)19-2)6-12(17,10(13)14)11(15)16/h3-5,17H,6H2,1-2H3,(H,13,14)(H,15,16). The number of carboxylic acids is 2. The number of aliphatic carboxylic acids is 2. The fourth-order valence-electron chi connectivity index (χ4n) is 1.61. The van der Waals surface area contributed by atoms with E-state index in [1.165, 1.54) is 20.3 Å². The van der Waals surface area contributed by atoms with E-state index in [9.17, 15) is 14.7 Å². The fraction of sp³-hybridized carbons (Fsp3) is 0.333. The Balaban J connectivity index is 3.25. The molecule has 7 heteroatoms. The molecule has 1 aromatic rings. The van der Waals surface area contributed by atoms with Gasteiger partial charge in [0.25, 0.3) is 5.60 Å². The van der Waals surface area contributed by atoms with E-state index in [0.717, 1.165) is 0 Å². The third-order valence-electron chi connectivity index (χ3n) is 2.64. The van der Waals surface area contributed by atoms with Crippen LogP contribution in [0, 0.1) is 0 Å². The summed E-state index contributed by atoms with van der Waals surface area (Å²) < 4.78 is 10.1. The molecule has 3 N–H and O–H groups in total. The van der Waals surface area contributed by atoms with Crippen molar-refractivity contribution in [2.75, 3.05) is 14.2 Å². The summed E-state index contributed by atoms with van der Waals surface area (Å²) in [5.41, 5.74) is -2.70.